The van der Waals surface area contributed by atoms with Gasteiger partial charge in [0.15, 0.2) is 0 Å². The monoisotopic (exact) mass is 224 g/mol. The van der Waals surface area contributed by atoms with Gasteiger partial charge in [-0.15, -0.1) is 0 Å². The van der Waals surface area contributed by atoms with Gasteiger partial charge in [0, 0.05) is 32.1 Å². The van der Waals surface area contributed by atoms with E-state index in [-0.39, 0.29) is 6.03 Å². The van der Waals surface area contributed by atoms with Gasteiger partial charge in [0.2, 0.25) is 0 Å². The molecule has 1 aliphatic heterocycles. The van der Waals surface area contributed by atoms with E-state index in [0.717, 1.165) is 32.2 Å². The lowest BCUT2D eigenvalue weighted by molar-refractivity contribution is -0.108. The summed E-state index contributed by atoms with van der Waals surface area (Å²) in [6.45, 7) is 2.23. The van der Waals surface area contributed by atoms with Crippen LogP contribution in [-0.2, 0) is 4.79 Å². The van der Waals surface area contributed by atoms with Crippen molar-refractivity contribution in [1.29, 1.82) is 0 Å². The molecule has 2 aliphatic rings. The number of rotatable bonds is 4. The number of carbonyl (C=O) groups is 2. The molecule has 0 bridgehead atoms. The van der Waals surface area contributed by atoms with Gasteiger partial charge in [-0.25, -0.2) is 4.79 Å². The maximum absolute atomic E-state index is 12.0. The van der Waals surface area contributed by atoms with Crippen LogP contribution in [0, 0.1) is 0 Å². The molecular weight excluding hydrogens is 204 g/mol. The van der Waals surface area contributed by atoms with Crippen molar-refractivity contribution in [2.45, 2.75) is 44.6 Å². The fourth-order valence-corrected chi connectivity index (χ4v) is 2.75. The maximum Gasteiger partial charge on any atom is 0.320 e. The molecule has 0 aromatic rings. The first-order valence-electron chi connectivity index (χ1n) is 6.32. The molecule has 0 N–H and O–H groups in total. The molecule has 1 saturated heterocycles. The highest BCUT2D eigenvalue weighted by atomic mass is 16.2. The van der Waals surface area contributed by atoms with E-state index in [1.165, 1.54) is 19.3 Å². The first-order chi connectivity index (χ1) is 7.83. The van der Waals surface area contributed by atoms with Crippen LogP contribution >= 0.6 is 0 Å². The Bertz CT molecular complexity index is 262. The number of urea groups is 1. The summed E-state index contributed by atoms with van der Waals surface area (Å²) in [6, 6.07) is 0.608. The van der Waals surface area contributed by atoms with Gasteiger partial charge in [0.25, 0.3) is 0 Å². The summed E-state index contributed by atoms with van der Waals surface area (Å²) in [5.74, 6) is 0. The molecule has 2 rings (SSSR count). The van der Waals surface area contributed by atoms with Crippen molar-refractivity contribution in [1.82, 2.24) is 9.80 Å². The number of nitrogens with zero attached hydrogens (tertiary/aromatic N) is 2. The van der Waals surface area contributed by atoms with Gasteiger partial charge < -0.3 is 14.6 Å². The first kappa shape index (κ1) is 11.4. The van der Waals surface area contributed by atoms with Crippen LogP contribution in [0.15, 0.2) is 0 Å². The van der Waals surface area contributed by atoms with Crippen molar-refractivity contribution in [3.05, 3.63) is 0 Å². The maximum atomic E-state index is 12.0. The molecule has 0 radical (unpaired) electrons. The fraction of sp³-hybridized carbons (Fsp3) is 0.833. The lowest BCUT2D eigenvalue weighted by atomic mass is 9.94. The van der Waals surface area contributed by atoms with Crippen LogP contribution in [0.1, 0.15) is 38.5 Å². The molecule has 0 atom stereocenters. The van der Waals surface area contributed by atoms with Crippen molar-refractivity contribution < 1.29 is 9.59 Å². The predicted octanol–water partition coefficient (Wildman–Crippen LogP) is 1.65. The molecule has 0 aromatic heterocycles. The zero-order chi connectivity index (χ0) is 11.4. The normalized spacial score (nSPS) is 22.9. The second kappa shape index (κ2) is 5.32. The Balaban J connectivity index is 1.87. The lowest BCUT2D eigenvalue weighted by Crippen LogP contribution is -2.40. The molecule has 4 heteroatoms. The third-order valence-electron chi connectivity index (χ3n) is 3.66. The van der Waals surface area contributed by atoms with Crippen molar-refractivity contribution in [2.75, 3.05) is 19.6 Å². The Morgan fingerprint density at radius 1 is 1.19 bits per heavy atom. The number of amides is 2. The second-order valence-electron chi connectivity index (χ2n) is 4.71. The summed E-state index contributed by atoms with van der Waals surface area (Å²) < 4.78 is 0. The summed E-state index contributed by atoms with van der Waals surface area (Å²) in [5.41, 5.74) is 0. The van der Waals surface area contributed by atoms with Crippen LogP contribution in [0.3, 0.4) is 0 Å². The molecule has 16 heavy (non-hydrogen) atoms. The number of aldehydes is 1. The van der Waals surface area contributed by atoms with Gasteiger partial charge in [-0.2, -0.15) is 0 Å². The van der Waals surface area contributed by atoms with E-state index >= 15 is 0 Å². The average Bonchev–Trinajstić information content (AvgIpc) is 2.69. The van der Waals surface area contributed by atoms with E-state index in [1.54, 1.807) is 0 Å². The van der Waals surface area contributed by atoms with Crippen LogP contribution in [0.25, 0.3) is 0 Å². The van der Waals surface area contributed by atoms with Crippen LogP contribution in [0.5, 0.6) is 0 Å². The molecule has 1 heterocycles. The second-order valence-corrected chi connectivity index (χ2v) is 4.71. The van der Waals surface area contributed by atoms with E-state index in [2.05, 4.69) is 0 Å². The summed E-state index contributed by atoms with van der Waals surface area (Å²) in [7, 11) is 0. The summed E-state index contributed by atoms with van der Waals surface area (Å²) in [6.07, 6.45) is 7.49. The SMILES string of the molecule is O=CCCN1CCN(C2CCCCC2)C1=O. The fourth-order valence-electron chi connectivity index (χ4n) is 2.75. The van der Waals surface area contributed by atoms with Crippen molar-refractivity contribution in [2.24, 2.45) is 0 Å². The van der Waals surface area contributed by atoms with Gasteiger partial charge in [0.05, 0.1) is 0 Å². The Kier molecular flexibility index (Phi) is 3.80. The van der Waals surface area contributed by atoms with Crippen molar-refractivity contribution in [3.63, 3.8) is 0 Å². The highest BCUT2D eigenvalue weighted by Crippen LogP contribution is 2.25. The molecule has 0 spiro atoms. The molecule has 1 saturated carbocycles. The zero-order valence-electron chi connectivity index (χ0n) is 9.73. The van der Waals surface area contributed by atoms with E-state index < -0.39 is 0 Å². The van der Waals surface area contributed by atoms with Crippen molar-refractivity contribution in [3.8, 4) is 0 Å². The van der Waals surface area contributed by atoms with E-state index in [0.29, 0.717) is 19.0 Å². The summed E-state index contributed by atoms with van der Waals surface area (Å²) in [5, 5.41) is 0. The Hall–Kier alpha value is -1.06. The Labute approximate surface area is 96.6 Å². The minimum atomic E-state index is 0.147. The topological polar surface area (TPSA) is 40.6 Å². The van der Waals surface area contributed by atoms with Gasteiger partial charge in [-0.1, -0.05) is 19.3 Å². The summed E-state index contributed by atoms with van der Waals surface area (Å²) in [4.78, 5) is 26.2. The van der Waals surface area contributed by atoms with E-state index in [4.69, 9.17) is 0 Å². The molecule has 0 unspecified atom stereocenters. The molecule has 1 aliphatic carbocycles. The van der Waals surface area contributed by atoms with Gasteiger partial charge >= 0.3 is 6.03 Å². The van der Waals surface area contributed by atoms with E-state index in [9.17, 15) is 9.59 Å². The minimum Gasteiger partial charge on any atom is -0.322 e. The molecule has 2 amide bonds. The quantitative estimate of drug-likeness (QED) is 0.681. The standard InChI is InChI=1S/C12H20N2O2/c15-10-4-7-13-8-9-14(12(13)16)11-5-2-1-3-6-11/h10-11H,1-9H2. The minimum absolute atomic E-state index is 0.147. The zero-order valence-corrected chi connectivity index (χ0v) is 9.73. The molecular formula is C12H20N2O2. The van der Waals surface area contributed by atoms with Crippen LogP contribution in [0.2, 0.25) is 0 Å². The smallest absolute Gasteiger partial charge is 0.320 e. The molecule has 90 valence electrons. The highest BCUT2D eigenvalue weighted by molar-refractivity contribution is 5.77. The van der Waals surface area contributed by atoms with Gasteiger partial charge in [-0.05, 0) is 12.8 Å². The molecule has 2 fully saturated rings. The number of carbonyl (C=O) groups excluding carboxylic acids is 2. The largest absolute Gasteiger partial charge is 0.322 e. The first-order valence-corrected chi connectivity index (χ1v) is 6.32. The third kappa shape index (κ3) is 2.36. The van der Waals surface area contributed by atoms with Crippen LogP contribution < -0.4 is 0 Å². The van der Waals surface area contributed by atoms with E-state index in [1.807, 2.05) is 9.80 Å². The van der Waals surface area contributed by atoms with Gasteiger partial charge in [-0.3, -0.25) is 0 Å². The Morgan fingerprint density at radius 3 is 2.62 bits per heavy atom. The average molecular weight is 224 g/mol. The number of hydrogen-bond donors (Lipinski definition) is 0. The highest BCUT2D eigenvalue weighted by Gasteiger charge is 2.33. The van der Waals surface area contributed by atoms with Crippen LogP contribution in [0.4, 0.5) is 4.79 Å². The summed E-state index contributed by atoms with van der Waals surface area (Å²) >= 11 is 0. The Morgan fingerprint density at radius 2 is 1.94 bits per heavy atom. The van der Waals surface area contributed by atoms with Gasteiger partial charge in [0.1, 0.15) is 6.29 Å². The molecule has 4 nitrogen and oxygen atoms in total. The molecule has 0 aromatic carbocycles. The van der Waals surface area contributed by atoms with Crippen LogP contribution in [-0.4, -0.2) is 47.8 Å². The number of hydrogen-bond acceptors (Lipinski definition) is 2. The lowest BCUT2D eigenvalue weighted by Gasteiger charge is -2.30. The van der Waals surface area contributed by atoms with Crippen molar-refractivity contribution >= 4 is 12.3 Å². The third-order valence-corrected chi connectivity index (χ3v) is 3.66. The predicted molar refractivity (Wildman–Crippen MR) is 61.2 cm³/mol.